The van der Waals surface area contributed by atoms with E-state index in [-0.39, 0.29) is 0 Å². The molecule has 2 aliphatic rings. The maximum Gasteiger partial charge on any atom is 0.0158 e. The largest absolute Gasteiger partial charge is 0.313 e. The lowest BCUT2D eigenvalue weighted by molar-refractivity contribution is 0.212. The smallest absolute Gasteiger partial charge is 0.0158 e. The zero-order valence-electron chi connectivity index (χ0n) is 9.87. The van der Waals surface area contributed by atoms with Gasteiger partial charge in [-0.25, -0.2) is 0 Å². The second kappa shape index (κ2) is 6.12. The van der Waals surface area contributed by atoms with E-state index in [1.165, 1.54) is 56.8 Å². The van der Waals surface area contributed by atoms with Gasteiger partial charge in [-0.15, -0.1) is 0 Å². The highest BCUT2D eigenvalue weighted by Gasteiger charge is 2.19. The highest BCUT2D eigenvalue weighted by Crippen LogP contribution is 2.19. The first-order valence-corrected chi connectivity index (χ1v) is 7.50. The number of likely N-dealkylation sites (tertiary alicyclic amines) is 1. The number of rotatable bonds is 3. The molecule has 3 heteroatoms. The zero-order chi connectivity index (χ0) is 10.5. The van der Waals surface area contributed by atoms with Gasteiger partial charge < -0.3 is 10.2 Å². The maximum atomic E-state index is 3.77. The third-order valence-electron chi connectivity index (χ3n) is 3.69. The molecule has 2 rings (SSSR count). The molecule has 88 valence electrons. The van der Waals surface area contributed by atoms with Gasteiger partial charge in [0.1, 0.15) is 0 Å². The van der Waals surface area contributed by atoms with Crippen LogP contribution in [-0.2, 0) is 0 Å². The molecule has 0 aromatic carbocycles. The summed E-state index contributed by atoms with van der Waals surface area (Å²) in [5.41, 5.74) is 0. The third-order valence-corrected chi connectivity index (χ3v) is 4.91. The van der Waals surface area contributed by atoms with Crippen molar-refractivity contribution in [3.05, 3.63) is 0 Å². The van der Waals surface area contributed by atoms with E-state index in [2.05, 4.69) is 29.0 Å². The molecule has 2 heterocycles. The van der Waals surface area contributed by atoms with Gasteiger partial charge in [-0.05, 0) is 64.0 Å². The molecule has 0 saturated carbocycles. The van der Waals surface area contributed by atoms with Crippen LogP contribution >= 0.6 is 11.8 Å². The van der Waals surface area contributed by atoms with Crippen LogP contribution < -0.4 is 5.32 Å². The van der Waals surface area contributed by atoms with Crippen LogP contribution in [0, 0.1) is 5.92 Å². The van der Waals surface area contributed by atoms with Crippen molar-refractivity contribution >= 4 is 11.8 Å². The number of hydrogen-bond acceptors (Lipinski definition) is 3. The van der Waals surface area contributed by atoms with E-state index in [1.54, 1.807) is 0 Å². The average molecular weight is 228 g/mol. The van der Waals surface area contributed by atoms with Gasteiger partial charge in [-0.2, -0.15) is 11.8 Å². The monoisotopic (exact) mass is 228 g/mol. The lowest BCUT2D eigenvalue weighted by atomic mass is 9.97. The van der Waals surface area contributed by atoms with Crippen LogP contribution in [0.2, 0.25) is 0 Å². The summed E-state index contributed by atoms with van der Waals surface area (Å²) in [7, 11) is 2.24. The highest BCUT2D eigenvalue weighted by atomic mass is 32.2. The normalized spacial score (nSPS) is 30.6. The minimum absolute atomic E-state index is 0.809. The van der Waals surface area contributed by atoms with Crippen molar-refractivity contribution in [2.75, 3.05) is 38.2 Å². The topological polar surface area (TPSA) is 15.3 Å². The molecule has 1 unspecified atom stereocenters. The molecule has 0 radical (unpaired) electrons. The van der Waals surface area contributed by atoms with Crippen molar-refractivity contribution < 1.29 is 0 Å². The Hall–Kier alpha value is 0.270. The van der Waals surface area contributed by atoms with Crippen LogP contribution in [0.4, 0.5) is 0 Å². The zero-order valence-corrected chi connectivity index (χ0v) is 10.7. The summed E-state index contributed by atoms with van der Waals surface area (Å²) < 4.78 is 0. The van der Waals surface area contributed by atoms with Crippen LogP contribution in [0.1, 0.15) is 25.7 Å². The molecule has 2 fully saturated rings. The van der Waals surface area contributed by atoms with E-state index in [4.69, 9.17) is 0 Å². The molecule has 2 aliphatic heterocycles. The summed E-state index contributed by atoms with van der Waals surface area (Å²) in [5.74, 6) is 3.66. The van der Waals surface area contributed by atoms with Crippen molar-refractivity contribution in [2.45, 2.75) is 31.7 Å². The number of nitrogens with zero attached hydrogens (tertiary/aromatic N) is 1. The summed E-state index contributed by atoms with van der Waals surface area (Å²) in [6, 6.07) is 0.809. The number of hydrogen-bond donors (Lipinski definition) is 1. The molecule has 15 heavy (non-hydrogen) atoms. The molecule has 2 saturated heterocycles. The molecule has 0 amide bonds. The van der Waals surface area contributed by atoms with E-state index in [1.807, 2.05) is 0 Å². The molecule has 0 bridgehead atoms. The molecular weight excluding hydrogens is 204 g/mol. The van der Waals surface area contributed by atoms with Crippen LogP contribution in [0.15, 0.2) is 0 Å². The van der Waals surface area contributed by atoms with E-state index in [0.29, 0.717) is 0 Å². The Kier molecular flexibility index (Phi) is 4.79. The van der Waals surface area contributed by atoms with Gasteiger partial charge in [0.15, 0.2) is 0 Å². The van der Waals surface area contributed by atoms with Crippen LogP contribution in [0.25, 0.3) is 0 Å². The Balaban J connectivity index is 1.60. The number of thioether (sulfide) groups is 1. The predicted octanol–water partition coefficient (Wildman–Crippen LogP) is 1.81. The fraction of sp³-hybridized carbons (Fsp3) is 1.00. The van der Waals surface area contributed by atoms with Crippen LogP contribution in [0.3, 0.4) is 0 Å². The Morgan fingerprint density at radius 1 is 1.27 bits per heavy atom. The molecule has 0 spiro atoms. The summed E-state index contributed by atoms with van der Waals surface area (Å²) >= 11 is 2.12. The molecule has 1 N–H and O–H groups in total. The first-order chi connectivity index (χ1) is 7.34. The predicted molar refractivity (Wildman–Crippen MR) is 68.6 cm³/mol. The molecule has 0 aromatic rings. The van der Waals surface area contributed by atoms with E-state index < -0.39 is 0 Å². The van der Waals surface area contributed by atoms with Crippen molar-refractivity contribution in [3.8, 4) is 0 Å². The van der Waals surface area contributed by atoms with E-state index >= 15 is 0 Å². The van der Waals surface area contributed by atoms with Gasteiger partial charge >= 0.3 is 0 Å². The van der Waals surface area contributed by atoms with Gasteiger partial charge in [0.25, 0.3) is 0 Å². The van der Waals surface area contributed by atoms with Crippen LogP contribution in [-0.4, -0.2) is 49.1 Å². The minimum atomic E-state index is 0.809. The quantitative estimate of drug-likeness (QED) is 0.793. The molecule has 0 aliphatic carbocycles. The second-order valence-electron chi connectivity index (χ2n) is 5.07. The van der Waals surface area contributed by atoms with E-state index in [9.17, 15) is 0 Å². The van der Waals surface area contributed by atoms with Gasteiger partial charge in [-0.1, -0.05) is 0 Å². The SMILES string of the molecule is CN1CCC(CNC2CCCSC2)CC1. The lowest BCUT2D eigenvalue weighted by Crippen LogP contribution is -2.40. The summed E-state index contributed by atoms with van der Waals surface area (Å²) in [6.07, 6.45) is 5.60. The molecule has 0 aromatic heterocycles. The Morgan fingerprint density at radius 2 is 2.07 bits per heavy atom. The maximum absolute atomic E-state index is 3.77. The summed E-state index contributed by atoms with van der Waals surface area (Å²) in [5, 5.41) is 3.77. The highest BCUT2D eigenvalue weighted by molar-refractivity contribution is 7.99. The van der Waals surface area contributed by atoms with E-state index in [0.717, 1.165) is 12.0 Å². The van der Waals surface area contributed by atoms with Crippen molar-refractivity contribution in [1.82, 2.24) is 10.2 Å². The van der Waals surface area contributed by atoms with Gasteiger partial charge in [0.2, 0.25) is 0 Å². The Bertz CT molecular complexity index is 172. The first kappa shape index (κ1) is 11.7. The number of nitrogens with one attached hydrogen (secondary N) is 1. The van der Waals surface area contributed by atoms with Crippen molar-refractivity contribution in [1.29, 1.82) is 0 Å². The second-order valence-corrected chi connectivity index (χ2v) is 6.22. The van der Waals surface area contributed by atoms with Gasteiger partial charge in [-0.3, -0.25) is 0 Å². The van der Waals surface area contributed by atoms with Crippen LogP contribution in [0.5, 0.6) is 0 Å². The fourth-order valence-electron chi connectivity index (χ4n) is 2.50. The average Bonchev–Trinajstić information content (AvgIpc) is 2.30. The molecule has 1 atom stereocenters. The summed E-state index contributed by atoms with van der Waals surface area (Å²) in [6.45, 7) is 3.86. The van der Waals surface area contributed by atoms with Crippen molar-refractivity contribution in [2.24, 2.45) is 5.92 Å². The summed E-state index contributed by atoms with van der Waals surface area (Å²) in [4.78, 5) is 2.45. The van der Waals surface area contributed by atoms with Crippen molar-refractivity contribution in [3.63, 3.8) is 0 Å². The fourth-order valence-corrected chi connectivity index (χ4v) is 3.61. The van der Waals surface area contributed by atoms with Gasteiger partial charge in [0.05, 0.1) is 0 Å². The third kappa shape index (κ3) is 3.97. The Morgan fingerprint density at radius 3 is 2.73 bits per heavy atom. The number of piperidine rings is 1. The minimum Gasteiger partial charge on any atom is -0.313 e. The first-order valence-electron chi connectivity index (χ1n) is 6.34. The lowest BCUT2D eigenvalue weighted by Gasteiger charge is -2.31. The molecular formula is C12H24N2S. The van der Waals surface area contributed by atoms with Gasteiger partial charge in [0, 0.05) is 11.8 Å². The molecule has 2 nitrogen and oxygen atoms in total. The Labute approximate surface area is 98.2 Å². The standard InChI is InChI=1S/C12H24N2S/c1-14-6-4-11(5-7-14)9-13-12-3-2-8-15-10-12/h11-13H,2-10H2,1H3.